The molecule has 21 heavy (non-hydrogen) atoms. The van der Waals surface area contributed by atoms with Crippen molar-refractivity contribution in [3.63, 3.8) is 0 Å². The van der Waals surface area contributed by atoms with E-state index < -0.39 is 0 Å². The lowest BCUT2D eigenvalue weighted by Crippen LogP contribution is -2.21. The SMILES string of the molecule is CC(=O)NCCCc1ccccc1C1CC1C(C)(C)CO. The third-order valence-electron chi connectivity index (χ3n) is 4.65. The van der Waals surface area contributed by atoms with E-state index >= 15 is 0 Å². The molecule has 2 unspecified atom stereocenters. The standard InChI is InChI=1S/C18H27NO2/c1-13(21)19-10-6-8-14-7-4-5-9-15(14)16-11-17(16)18(2,3)12-20/h4-5,7,9,16-17,20H,6,8,10-12H2,1-3H3,(H,19,21). The number of aliphatic hydroxyl groups is 1. The Hall–Kier alpha value is -1.35. The van der Waals surface area contributed by atoms with Crippen molar-refractivity contribution in [3.8, 4) is 0 Å². The molecule has 2 N–H and O–H groups in total. The maximum absolute atomic E-state index is 10.9. The third-order valence-corrected chi connectivity index (χ3v) is 4.65. The first-order valence-electron chi connectivity index (χ1n) is 7.89. The first-order chi connectivity index (χ1) is 9.95. The number of rotatable bonds is 7. The maximum atomic E-state index is 10.9. The molecule has 116 valence electrons. The van der Waals surface area contributed by atoms with E-state index in [9.17, 15) is 9.90 Å². The van der Waals surface area contributed by atoms with Crippen LogP contribution in [-0.2, 0) is 11.2 Å². The predicted molar refractivity (Wildman–Crippen MR) is 85.2 cm³/mol. The predicted octanol–water partition coefficient (Wildman–Crippen LogP) is 2.88. The number of aryl methyl sites for hydroxylation is 1. The number of benzene rings is 1. The lowest BCUT2D eigenvalue weighted by atomic mass is 9.85. The number of carbonyl (C=O) groups excluding carboxylic acids is 1. The fourth-order valence-corrected chi connectivity index (χ4v) is 3.19. The molecule has 0 aromatic heterocycles. The first kappa shape index (κ1) is 16.0. The van der Waals surface area contributed by atoms with E-state index in [-0.39, 0.29) is 17.9 Å². The molecule has 2 rings (SSSR count). The van der Waals surface area contributed by atoms with Gasteiger partial charge in [0.25, 0.3) is 0 Å². The highest BCUT2D eigenvalue weighted by Gasteiger charge is 2.48. The molecule has 0 saturated heterocycles. The number of hydrogen-bond acceptors (Lipinski definition) is 2. The molecule has 0 aliphatic heterocycles. The summed E-state index contributed by atoms with van der Waals surface area (Å²) >= 11 is 0. The van der Waals surface area contributed by atoms with E-state index in [1.165, 1.54) is 17.5 Å². The topological polar surface area (TPSA) is 49.3 Å². The largest absolute Gasteiger partial charge is 0.396 e. The molecule has 2 atom stereocenters. The van der Waals surface area contributed by atoms with Crippen LogP contribution in [0.15, 0.2) is 24.3 Å². The van der Waals surface area contributed by atoms with E-state index in [0.717, 1.165) is 19.4 Å². The molecule has 1 aromatic carbocycles. The van der Waals surface area contributed by atoms with Crippen LogP contribution in [0.2, 0.25) is 0 Å². The number of amides is 1. The van der Waals surface area contributed by atoms with Crippen LogP contribution in [0.5, 0.6) is 0 Å². The van der Waals surface area contributed by atoms with Crippen LogP contribution in [0.3, 0.4) is 0 Å². The fourth-order valence-electron chi connectivity index (χ4n) is 3.19. The number of carbonyl (C=O) groups is 1. The summed E-state index contributed by atoms with van der Waals surface area (Å²) in [5, 5.41) is 12.4. The van der Waals surface area contributed by atoms with Crippen LogP contribution in [0.1, 0.15) is 50.7 Å². The van der Waals surface area contributed by atoms with Crippen LogP contribution in [0.25, 0.3) is 0 Å². The average Bonchev–Trinajstić information content (AvgIpc) is 3.25. The van der Waals surface area contributed by atoms with Crippen molar-refractivity contribution in [1.82, 2.24) is 5.32 Å². The highest BCUT2D eigenvalue weighted by molar-refractivity contribution is 5.72. The molecule has 1 fully saturated rings. The molecule has 1 amide bonds. The van der Waals surface area contributed by atoms with E-state index in [1.54, 1.807) is 6.92 Å². The normalized spacial score (nSPS) is 21.1. The van der Waals surface area contributed by atoms with E-state index in [2.05, 4.69) is 43.4 Å². The average molecular weight is 289 g/mol. The molecule has 3 heteroatoms. The molecule has 1 saturated carbocycles. The number of hydrogen-bond donors (Lipinski definition) is 2. The van der Waals surface area contributed by atoms with E-state index in [0.29, 0.717) is 11.8 Å². The molecule has 0 heterocycles. The zero-order valence-corrected chi connectivity index (χ0v) is 13.4. The molecule has 3 nitrogen and oxygen atoms in total. The highest BCUT2D eigenvalue weighted by atomic mass is 16.3. The van der Waals surface area contributed by atoms with Crippen LogP contribution in [0.4, 0.5) is 0 Å². The van der Waals surface area contributed by atoms with Gasteiger partial charge < -0.3 is 10.4 Å². The highest BCUT2D eigenvalue weighted by Crippen LogP contribution is 2.57. The van der Waals surface area contributed by atoms with Gasteiger partial charge in [0.15, 0.2) is 0 Å². The van der Waals surface area contributed by atoms with Crippen LogP contribution < -0.4 is 5.32 Å². The fraction of sp³-hybridized carbons (Fsp3) is 0.611. The van der Waals surface area contributed by atoms with Crippen LogP contribution in [-0.4, -0.2) is 24.2 Å². The Bertz CT molecular complexity index is 496. The van der Waals surface area contributed by atoms with Crippen LogP contribution in [0, 0.1) is 11.3 Å². The lowest BCUT2D eigenvalue weighted by Gasteiger charge is -2.22. The minimum atomic E-state index is 0.00790. The molecular formula is C18H27NO2. The molecule has 0 spiro atoms. The molecule has 1 aromatic rings. The Labute approximate surface area is 127 Å². The number of nitrogens with one attached hydrogen (secondary N) is 1. The van der Waals surface area contributed by atoms with Gasteiger partial charge in [-0.2, -0.15) is 0 Å². The summed E-state index contributed by atoms with van der Waals surface area (Å²) in [5.41, 5.74) is 2.84. The monoisotopic (exact) mass is 289 g/mol. The zero-order chi connectivity index (χ0) is 15.5. The van der Waals surface area contributed by atoms with Gasteiger partial charge in [0.05, 0.1) is 0 Å². The summed E-state index contributed by atoms with van der Waals surface area (Å²) in [5.74, 6) is 1.21. The van der Waals surface area contributed by atoms with Crippen molar-refractivity contribution in [2.75, 3.05) is 13.2 Å². The van der Waals surface area contributed by atoms with Crippen molar-refractivity contribution >= 4 is 5.91 Å². The van der Waals surface area contributed by atoms with Gasteiger partial charge in [-0.1, -0.05) is 38.1 Å². The summed E-state index contributed by atoms with van der Waals surface area (Å²) in [7, 11) is 0. The van der Waals surface area contributed by atoms with Crippen molar-refractivity contribution in [2.45, 2.75) is 46.0 Å². The Morgan fingerprint density at radius 2 is 2.10 bits per heavy atom. The van der Waals surface area contributed by atoms with Gasteiger partial charge in [0, 0.05) is 20.1 Å². The van der Waals surface area contributed by atoms with Gasteiger partial charge >= 0.3 is 0 Å². The lowest BCUT2D eigenvalue weighted by molar-refractivity contribution is -0.118. The molecule has 1 aliphatic carbocycles. The van der Waals surface area contributed by atoms with E-state index in [4.69, 9.17) is 0 Å². The summed E-state index contributed by atoms with van der Waals surface area (Å²) < 4.78 is 0. The van der Waals surface area contributed by atoms with Gasteiger partial charge in [-0.15, -0.1) is 0 Å². The Morgan fingerprint density at radius 3 is 2.76 bits per heavy atom. The minimum Gasteiger partial charge on any atom is -0.396 e. The number of aliphatic hydroxyl groups excluding tert-OH is 1. The van der Waals surface area contributed by atoms with Gasteiger partial charge in [-0.05, 0) is 47.6 Å². The van der Waals surface area contributed by atoms with Crippen molar-refractivity contribution in [2.24, 2.45) is 11.3 Å². The second-order valence-corrected chi connectivity index (χ2v) is 6.88. The quantitative estimate of drug-likeness (QED) is 0.758. The van der Waals surface area contributed by atoms with Gasteiger partial charge in [0.2, 0.25) is 5.91 Å². The molecule has 0 bridgehead atoms. The summed E-state index contributed by atoms with van der Waals surface area (Å²) in [6.45, 7) is 6.84. The summed E-state index contributed by atoms with van der Waals surface area (Å²) in [6, 6.07) is 8.62. The van der Waals surface area contributed by atoms with Crippen molar-refractivity contribution in [3.05, 3.63) is 35.4 Å². The summed E-state index contributed by atoms with van der Waals surface area (Å²) in [6.07, 6.45) is 3.15. The minimum absolute atomic E-state index is 0.00790. The Morgan fingerprint density at radius 1 is 1.38 bits per heavy atom. The Balaban J connectivity index is 1.97. The van der Waals surface area contributed by atoms with Crippen molar-refractivity contribution < 1.29 is 9.90 Å². The molecular weight excluding hydrogens is 262 g/mol. The molecule has 0 radical (unpaired) electrons. The molecule has 1 aliphatic rings. The smallest absolute Gasteiger partial charge is 0.216 e. The first-order valence-corrected chi connectivity index (χ1v) is 7.89. The third kappa shape index (κ3) is 4.07. The van der Waals surface area contributed by atoms with Crippen molar-refractivity contribution in [1.29, 1.82) is 0 Å². The van der Waals surface area contributed by atoms with Crippen LogP contribution >= 0.6 is 0 Å². The second-order valence-electron chi connectivity index (χ2n) is 6.88. The zero-order valence-electron chi connectivity index (χ0n) is 13.4. The maximum Gasteiger partial charge on any atom is 0.216 e. The second kappa shape index (κ2) is 6.61. The Kier molecular flexibility index (Phi) is 5.04. The van der Waals surface area contributed by atoms with Gasteiger partial charge in [-0.25, -0.2) is 0 Å². The van der Waals surface area contributed by atoms with E-state index in [1.807, 2.05) is 0 Å². The summed E-state index contributed by atoms with van der Waals surface area (Å²) in [4.78, 5) is 10.9. The van der Waals surface area contributed by atoms with Gasteiger partial charge in [-0.3, -0.25) is 4.79 Å². The van der Waals surface area contributed by atoms with Gasteiger partial charge in [0.1, 0.15) is 0 Å².